The van der Waals surface area contributed by atoms with E-state index < -0.39 is 0 Å². The summed E-state index contributed by atoms with van der Waals surface area (Å²) in [6, 6.07) is 10.6. The van der Waals surface area contributed by atoms with Crippen molar-refractivity contribution in [2.45, 2.75) is 6.54 Å². The highest BCUT2D eigenvalue weighted by molar-refractivity contribution is 6.35. The van der Waals surface area contributed by atoms with Crippen molar-refractivity contribution in [2.24, 2.45) is 0 Å². The Morgan fingerprint density at radius 2 is 1.96 bits per heavy atom. The zero-order chi connectivity index (χ0) is 16.0. The molecule has 4 rings (SSSR count). The van der Waals surface area contributed by atoms with Crippen LogP contribution in [0.25, 0.3) is 5.69 Å². The molecular weight excluding hydrogens is 337 g/mol. The summed E-state index contributed by atoms with van der Waals surface area (Å²) in [5.74, 6) is 0.521. The van der Waals surface area contributed by atoms with Crippen molar-refractivity contribution in [3.8, 4) is 5.69 Å². The van der Waals surface area contributed by atoms with Crippen LogP contribution in [0, 0.1) is 5.21 Å². The molecule has 2 aromatic heterocycles. The first-order valence-corrected chi connectivity index (χ1v) is 7.53. The molecular formula is C15H9Cl2N5O. The van der Waals surface area contributed by atoms with Gasteiger partial charge in [0.15, 0.2) is 5.69 Å². The molecule has 3 aromatic rings. The molecule has 23 heavy (non-hydrogen) atoms. The normalized spacial score (nSPS) is 13.5. The van der Waals surface area contributed by atoms with Crippen LogP contribution in [0.1, 0.15) is 17.1 Å². The van der Waals surface area contributed by atoms with E-state index in [4.69, 9.17) is 23.2 Å². The van der Waals surface area contributed by atoms with Gasteiger partial charge in [-0.3, -0.25) is 4.57 Å². The average molecular weight is 346 g/mol. The summed E-state index contributed by atoms with van der Waals surface area (Å²) in [4.78, 5) is 4.35. The highest BCUT2D eigenvalue weighted by Crippen LogP contribution is 2.27. The number of benzene rings is 1. The summed E-state index contributed by atoms with van der Waals surface area (Å²) < 4.78 is 2.55. The summed E-state index contributed by atoms with van der Waals surface area (Å²) in [6.45, 7) is 0.0362. The maximum Gasteiger partial charge on any atom is 0.248 e. The Morgan fingerprint density at radius 1 is 1.13 bits per heavy atom. The molecule has 114 valence electrons. The van der Waals surface area contributed by atoms with Crippen molar-refractivity contribution in [1.82, 2.24) is 19.7 Å². The van der Waals surface area contributed by atoms with Crippen LogP contribution in [0.4, 0.5) is 0 Å². The molecule has 0 bridgehead atoms. The van der Waals surface area contributed by atoms with E-state index in [1.54, 1.807) is 41.2 Å². The van der Waals surface area contributed by atoms with Gasteiger partial charge in [0, 0.05) is 0 Å². The molecule has 0 amide bonds. The Kier molecular flexibility index (Phi) is 3.28. The molecule has 0 atom stereocenters. The highest BCUT2D eigenvalue weighted by Gasteiger charge is 2.29. The Hall–Kier alpha value is -2.44. The smallest absolute Gasteiger partial charge is 0.248 e. The van der Waals surface area contributed by atoms with E-state index in [2.05, 4.69) is 15.2 Å². The topological polar surface area (TPSA) is 69.7 Å². The Balaban J connectivity index is 2.07. The van der Waals surface area contributed by atoms with Crippen LogP contribution in [0.2, 0.25) is 10.2 Å². The van der Waals surface area contributed by atoms with Crippen LogP contribution in [0.15, 0.2) is 42.7 Å². The van der Waals surface area contributed by atoms with E-state index in [1.807, 2.05) is 6.07 Å². The van der Waals surface area contributed by atoms with Gasteiger partial charge in [-0.15, -0.1) is 10.2 Å². The van der Waals surface area contributed by atoms with Crippen molar-refractivity contribution in [3.05, 3.63) is 75.2 Å². The minimum absolute atomic E-state index is 0.0362. The van der Waals surface area contributed by atoms with Gasteiger partial charge in [-0.25, -0.2) is 4.98 Å². The molecule has 1 aromatic carbocycles. The lowest BCUT2D eigenvalue weighted by Crippen LogP contribution is -2.19. The molecule has 0 N–H and O–H groups in total. The summed E-state index contributed by atoms with van der Waals surface area (Å²) >= 11 is 12.3. The zero-order valence-corrected chi connectivity index (χ0v) is 13.2. The fourth-order valence-electron chi connectivity index (χ4n) is 2.61. The number of pyridine rings is 1. The van der Waals surface area contributed by atoms with E-state index in [9.17, 15) is 5.21 Å². The number of hydrogen-bond acceptors (Lipinski definition) is 4. The van der Waals surface area contributed by atoms with Gasteiger partial charge in [0.25, 0.3) is 0 Å². The monoisotopic (exact) mass is 345 g/mol. The molecule has 1 aliphatic heterocycles. The fourth-order valence-corrected chi connectivity index (χ4v) is 2.98. The lowest BCUT2D eigenvalue weighted by molar-refractivity contribution is -0.475. The number of rotatable bonds is 1. The first kappa shape index (κ1) is 14.2. The van der Waals surface area contributed by atoms with Crippen LogP contribution in [-0.4, -0.2) is 30.2 Å². The number of hydroxylamine groups is 1. The SMILES string of the molecule is [O-][N+]1=C(c2ccccc2Cl)c2nc(Cl)ccc2-n2cnnc2C1. The maximum absolute atomic E-state index is 12.8. The second-order valence-corrected chi connectivity index (χ2v) is 5.78. The Morgan fingerprint density at radius 3 is 2.78 bits per heavy atom. The predicted molar refractivity (Wildman–Crippen MR) is 86.2 cm³/mol. The number of fused-ring (bicyclic) bond motifs is 3. The third-order valence-electron chi connectivity index (χ3n) is 3.61. The second-order valence-electron chi connectivity index (χ2n) is 4.98. The van der Waals surface area contributed by atoms with Gasteiger partial charge in [-0.05, 0) is 24.3 Å². The Bertz CT molecular complexity index is 951. The summed E-state index contributed by atoms with van der Waals surface area (Å²) in [5, 5.41) is 21.4. The molecule has 0 unspecified atom stereocenters. The van der Waals surface area contributed by atoms with Gasteiger partial charge in [0.2, 0.25) is 18.1 Å². The van der Waals surface area contributed by atoms with Gasteiger partial charge < -0.3 is 5.21 Å². The molecule has 0 radical (unpaired) electrons. The second kappa shape index (κ2) is 5.33. The third kappa shape index (κ3) is 2.27. The van der Waals surface area contributed by atoms with Crippen molar-refractivity contribution < 1.29 is 4.74 Å². The lowest BCUT2D eigenvalue weighted by atomic mass is 10.1. The van der Waals surface area contributed by atoms with Gasteiger partial charge in [-0.1, -0.05) is 35.3 Å². The minimum Gasteiger partial charge on any atom is -0.623 e. The van der Waals surface area contributed by atoms with Crippen LogP contribution in [-0.2, 0) is 6.54 Å². The quantitative estimate of drug-likeness (QED) is 0.386. The number of hydrogen-bond donors (Lipinski definition) is 0. The lowest BCUT2D eigenvalue weighted by Gasteiger charge is -2.11. The van der Waals surface area contributed by atoms with Crippen molar-refractivity contribution >= 4 is 28.9 Å². The van der Waals surface area contributed by atoms with Crippen LogP contribution < -0.4 is 0 Å². The van der Waals surface area contributed by atoms with Crippen molar-refractivity contribution in [1.29, 1.82) is 0 Å². The largest absolute Gasteiger partial charge is 0.623 e. The van der Waals surface area contributed by atoms with E-state index in [0.29, 0.717) is 38.7 Å². The van der Waals surface area contributed by atoms with Crippen LogP contribution in [0.5, 0.6) is 0 Å². The van der Waals surface area contributed by atoms with Gasteiger partial charge >= 0.3 is 0 Å². The molecule has 0 saturated carbocycles. The standard InChI is InChI=1S/C15H9Cl2N5O/c16-10-4-2-1-3-9(10)15-14-11(5-6-12(17)19-14)21-8-18-20-13(21)7-22(15)23/h1-6,8H,7H2. The zero-order valence-electron chi connectivity index (χ0n) is 11.6. The average Bonchev–Trinajstić information content (AvgIpc) is 2.94. The van der Waals surface area contributed by atoms with E-state index in [0.717, 1.165) is 4.74 Å². The summed E-state index contributed by atoms with van der Waals surface area (Å²) in [6.07, 6.45) is 1.55. The molecule has 0 aliphatic carbocycles. The minimum atomic E-state index is 0.0362. The van der Waals surface area contributed by atoms with Crippen molar-refractivity contribution in [2.75, 3.05) is 0 Å². The Labute approximate surface area is 141 Å². The number of halogens is 2. The molecule has 8 heteroatoms. The van der Waals surface area contributed by atoms with Crippen LogP contribution >= 0.6 is 23.2 Å². The summed E-state index contributed by atoms with van der Waals surface area (Å²) in [5.41, 5.74) is 2.08. The first-order valence-electron chi connectivity index (χ1n) is 6.78. The van der Waals surface area contributed by atoms with Gasteiger partial charge in [-0.2, -0.15) is 4.74 Å². The van der Waals surface area contributed by atoms with E-state index in [1.165, 1.54) is 0 Å². The van der Waals surface area contributed by atoms with E-state index >= 15 is 0 Å². The third-order valence-corrected chi connectivity index (χ3v) is 4.15. The van der Waals surface area contributed by atoms with E-state index in [-0.39, 0.29) is 6.54 Å². The number of nitrogens with zero attached hydrogens (tertiary/aromatic N) is 5. The highest BCUT2D eigenvalue weighted by atomic mass is 35.5. The number of aromatic nitrogens is 4. The van der Waals surface area contributed by atoms with Crippen LogP contribution in [0.3, 0.4) is 0 Å². The first-order chi connectivity index (χ1) is 11.1. The molecule has 3 heterocycles. The summed E-state index contributed by atoms with van der Waals surface area (Å²) in [7, 11) is 0. The molecule has 1 aliphatic rings. The van der Waals surface area contributed by atoms with Gasteiger partial charge in [0.1, 0.15) is 11.5 Å². The van der Waals surface area contributed by atoms with Gasteiger partial charge in [0.05, 0.1) is 16.3 Å². The molecule has 0 fully saturated rings. The van der Waals surface area contributed by atoms with Crippen molar-refractivity contribution in [3.63, 3.8) is 0 Å². The molecule has 0 spiro atoms. The molecule has 0 saturated heterocycles. The molecule has 6 nitrogen and oxygen atoms in total. The fraction of sp³-hybridized carbons (Fsp3) is 0.0667. The predicted octanol–water partition coefficient (Wildman–Crippen LogP) is 2.83. The maximum atomic E-state index is 12.8.